The summed E-state index contributed by atoms with van der Waals surface area (Å²) in [6.45, 7) is 0.686. The molecule has 0 saturated carbocycles. The van der Waals surface area contributed by atoms with Crippen molar-refractivity contribution in [2.45, 2.75) is 19.6 Å². The standard InChI is InChI=1S/C19H17FN4O2/c20-18-6-2-4-14-10-23(8-7-17(14)18)19(26)13-3-1-5-16(9-13)24-11-15(12-25)21-22-24/h1-6,9,11,25H,7-8,10,12H2. The molecule has 1 aliphatic heterocycles. The number of fused-ring (bicyclic) bond motifs is 1. The Morgan fingerprint density at radius 1 is 1.23 bits per heavy atom. The zero-order valence-electron chi connectivity index (χ0n) is 14.0. The number of benzene rings is 2. The molecule has 2 heterocycles. The molecule has 0 saturated heterocycles. The number of amides is 1. The van der Waals surface area contributed by atoms with E-state index in [1.54, 1.807) is 35.4 Å². The van der Waals surface area contributed by atoms with E-state index in [1.807, 2.05) is 12.1 Å². The third-order valence-corrected chi connectivity index (χ3v) is 4.56. The maximum atomic E-state index is 13.9. The molecule has 1 N–H and O–H groups in total. The van der Waals surface area contributed by atoms with Crippen LogP contribution in [0.25, 0.3) is 5.69 Å². The van der Waals surface area contributed by atoms with Gasteiger partial charge in [-0.25, -0.2) is 9.07 Å². The molecule has 0 spiro atoms. The Morgan fingerprint density at radius 2 is 2.08 bits per heavy atom. The van der Waals surface area contributed by atoms with E-state index in [1.165, 1.54) is 10.7 Å². The number of nitrogens with zero attached hydrogens (tertiary/aromatic N) is 4. The summed E-state index contributed by atoms with van der Waals surface area (Å²) in [5.74, 6) is -0.313. The van der Waals surface area contributed by atoms with Gasteiger partial charge in [-0.1, -0.05) is 23.4 Å². The first-order valence-electron chi connectivity index (χ1n) is 8.34. The number of halogens is 1. The number of carbonyl (C=O) groups is 1. The smallest absolute Gasteiger partial charge is 0.254 e. The van der Waals surface area contributed by atoms with Gasteiger partial charge in [-0.2, -0.15) is 0 Å². The van der Waals surface area contributed by atoms with Crippen LogP contribution in [-0.4, -0.2) is 37.5 Å². The Kier molecular flexibility index (Phi) is 4.22. The normalized spacial score (nSPS) is 13.5. The van der Waals surface area contributed by atoms with Crippen LogP contribution in [0.5, 0.6) is 0 Å². The first-order valence-corrected chi connectivity index (χ1v) is 8.34. The number of hydrogen-bond donors (Lipinski definition) is 1. The Hall–Kier alpha value is -3.06. The Balaban J connectivity index is 1.58. The minimum atomic E-state index is -0.206. The van der Waals surface area contributed by atoms with Crippen LogP contribution in [0.4, 0.5) is 4.39 Å². The lowest BCUT2D eigenvalue weighted by Gasteiger charge is -2.29. The van der Waals surface area contributed by atoms with Crippen LogP contribution < -0.4 is 0 Å². The molecule has 0 fully saturated rings. The zero-order valence-corrected chi connectivity index (χ0v) is 14.0. The maximum Gasteiger partial charge on any atom is 0.254 e. The van der Waals surface area contributed by atoms with E-state index in [0.29, 0.717) is 42.0 Å². The fraction of sp³-hybridized carbons (Fsp3) is 0.211. The second-order valence-electron chi connectivity index (χ2n) is 6.22. The molecule has 0 radical (unpaired) electrons. The minimum absolute atomic E-state index is 0.107. The molecule has 0 atom stereocenters. The van der Waals surface area contributed by atoms with Gasteiger partial charge in [0.2, 0.25) is 0 Å². The van der Waals surface area contributed by atoms with Crippen LogP contribution >= 0.6 is 0 Å². The summed E-state index contributed by atoms with van der Waals surface area (Å²) in [4.78, 5) is 14.6. The minimum Gasteiger partial charge on any atom is -0.390 e. The largest absolute Gasteiger partial charge is 0.390 e. The lowest BCUT2D eigenvalue weighted by Crippen LogP contribution is -2.36. The van der Waals surface area contributed by atoms with E-state index in [4.69, 9.17) is 5.11 Å². The first-order chi connectivity index (χ1) is 12.7. The van der Waals surface area contributed by atoms with Gasteiger partial charge in [0.15, 0.2) is 0 Å². The van der Waals surface area contributed by atoms with Crippen molar-refractivity contribution >= 4 is 5.91 Å². The number of hydrogen-bond acceptors (Lipinski definition) is 4. The van der Waals surface area contributed by atoms with Gasteiger partial charge in [0, 0.05) is 18.7 Å². The van der Waals surface area contributed by atoms with Gasteiger partial charge in [-0.15, -0.1) is 5.10 Å². The molecule has 1 amide bonds. The molecular weight excluding hydrogens is 335 g/mol. The summed E-state index contributed by atoms with van der Waals surface area (Å²) in [6.07, 6.45) is 2.12. The van der Waals surface area contributed by atoms with Gasteiger partial charge < -0.3 is 10.0 Å². The van der Waals surface area contributed by atoms with E-state index < -0.39 is 0 Å². The molecule has 132 valence electrons. The summed E-state index contributed by atoms with van der Waals surface area (Å²) in [6, 6.07) is 12.1. The second kappa shape index (κ2) is 6.68. The molecule has 1 aromatic heterocycles. The van der Waals surface area contributed by atoms with Crippen molar-refractivity contribution in [3.05, 3.63) is 76.9 Å². The van der Waals surface area contributed by atoms with Crippen LogP contribution in [0.2, 0.25) is 0 Å². The van der Waals surface area contributed by atoms with E-state index in [0.717, 1.165) is 5.56 Å². The molecular formula is C19H17FN4O2. The highest BCUT2D eigenvalue weighted by molar-refractivity contribution is 5.94. The van der Waals surface area contributed by atoms with Gasteiger partial charge in [-0.3, -0.25) is 4.79 Å². The van der Waals surface area contributed by atoms with E-state index in [2.05, 4.69) is 10.3 Å². The zero-order chi connectivity index (χ0) is 18.1. The predicted molar refractivity (Wildman–Crippen MR) is 92.1 cm³/mol. The number of aliphatic hydroxyl groups excluding tert-OH is 1. The van der Waals surface area contributed by atoms with Crippen molar-refractivity contribution in [1.29, 1.82) is 0 Å². The average Bonchev–Trinajstić information content (AvgIpc) is 3.17. The molecule has 3 aromatic rings. The Bertz CT molecular complexity index is 970. The molecule has 7 heteroatoms. The average molecular weight is 352 g/mol. The molecule has 6 nitrogen and oxygen atoms in total. The Morgan fingerprint density at radius 3 is 2.88 bits per heavy atom. The van der Waals surface area contributed by atoms with Gasteiger partial charge in [-0.05, 0) is 41.8 Å². The summed E-state index contributed by atoms with van der Waals surface area (Å²) >= 11 is 0. The third kappa shape index (κ3) is 2.97. The van der Waals surface area contributed by atoms with Gasteiger partial charge >= 0.3 is 0 Å². The molecule has 2 aromatic carbocycles. The highest BCUT2D eigenvalue weighted by Crippen LogP contribution is 2.23. The van der Waals surface area contributed by atoms with E-state index in [9.17, 15) is 9.18 Å². The number of carbonyl (C=O) groups excluding carboxylic acids is 1. The van der Waals surface area contributed by atoms with Crippen LogP contribution in [0.1, 0.15) is 27.2 Å². The molecule has 0 aliphatic carbocycles. The van der Waals surface area contributed by atoms with Crippen LogP contribution in [0.3, 0.4) is 0 Å². The summed E-state index contributed by atoms with van der Waals surface area (Å²) in [5, 5.41) is 16.9. The van der Waals surface area contributed by atoms with E-state index in [-0.39, 0.29) is 18.3 Å². The van der Waals surface area contributed by atoms with Gasteiger partial charge in [0.1, 0.15) is 11.5 Å². The van der Waals surface area contributed by atoms with Crippen LogP contribution in [-0.2, 0) is 19.6 Å². The lowest BCUT2D eigenvalue weighted by molar-refractivity contribution is 0.0733. The Labute approximate surface area is 149 Å². The van der Waals surface area contributed by atoms with E-state index >= 15 is 0 Å². The number of aromatic nitrogens is 3. The third-order valence-electron chi connectivity index (χ3n) is 4.56. The van der Waals surface area contributed by atoms with Crippen molar-refractivity contribution in [2.24, 2.45) is 0 Å². The maximum absolute atomic E-state index is 13.9. The fourth-order valence-electron chi connectivity index (χ4n) is 3.20. The molecule has 0 bridgehead atoms. The molecule has 26 heavy (non-hydrogen) atoms. The quantitative estimate of drug-likeness (QED) is 0.784. The summed E-state index contributed by atoms with van der Waals surface area (Å²) < 4.78 is 15.4. The number of rotatable bonds is 3. The SMILES string of the molecule is O=C(c1cccc(-n2cc(CO)nn2)c1)N1CCc2c(F)cccc2C1. The van der Waals surface area contributed by atoms with Crippen molar-refractivity contribution < 1.29 is 14.3 Å². The van der Waals surface area contributed by atoms with Crippen molar-refractivity contribution in [3.8, 4) is 5.69 Å². The summed E-state index contributed by atoms with van der Waals surface area (Å²) in [7, 11) is 0. The topological polar surface area (TPSA) is 71.2 Å². The first kappa shape index (κ1) is 16.4. The molecule has 1 aliphatic rings. The highest BCUT2D eigenvalue weighted by Gasteiger charge is 2.23. The number of aliphatic hydroxyl groups is 1. The van der Waals surface area contributed by atoms with Crippen LogP contribution in [0.15, 0.2) is 48.7 Å². The molecule has 0 unspecified atom stereocenters. The van der Waals surface area contributed by atoms with Crippen molar-refractivity contribution in [1.82, 2.24) is 19.9 Å². The molecule has 4 rings (SSSR count). The predicted octanol–water partition coefficient (Wildman–Crippen LogP) is 2.10. The second-order valence-corrected chi connectivity index (χ2v) is 6.22. The monoisotopic (exact) mass is 352 g/mol. The lowest BCUT2D eigenvalue weighted by atomic mass is 9.98. The van der Waals surface area contributed by atoms with Gasteiger partial charge in [0.05, 0.1) is 18.5 Å². The van der Waals surface area contributed by atoms with Crippen LogP contribution in [0, 0.1) is 5.82 Å². The van der Waals surface area contributed by atoms with Gasteiger partial charge in [0.25, 0.3) is 5.91 Å². The summed E-state index contributed by atoms with van der Waals surface area (Å²) in [5.41, 5.74) is 3.22. The highest BCUT2D eigenvalue weighted by atomic mass is 19.1. The van der Waals surface area contributed by atoms with Crippen molar-refractivity contribution in [3.63, 3.8) is 0 Å². The van der Waals surface area contributed by atoms with Crippen molar-refractivity contribution in [2.75, 3.05) is 6.54 Å². The fourth-order valence-corrected chi connectivity index (χ4v) is 3.20.